The van der Waals surface area contributed by atoms with E-state index < -0.39 is 0 Å². The van der Waals surface area contributed by atoms with Crippen molar-refractivity contribution in [3.63, 3.8) is 0 Å². The first kappa shape index (κ1) is 12.6. The molecule has 0 fully saturated rings. The summed E-state index contributed by atoms with van der Waals surface area (Å²) in [7, 11) is 0. The molecule has 3 nitrogen and oxygen atoms in total. The standard InChI is InChI=1S/C15H17NO2/c1-3-18-15(17)7-5-12-9-13-6-4-11(2)8-14(13)16-10-12/h4,6,8-10H,3,5,7H2,1-2H3. The molecule has 0 spiro atoms. The molecule has 0 aliphatic carbocycles. The first-order valence-corrected chi connectivity index (χ1v) is 6.20. The molecule has 0 unspecified atom stereocenters. The fourth-order valence-corrected chi connectivity index (χ4v) is 1.89. The zero-order valence-electron chi connectivity index (χ0n) is 10.8. The lowest BCUT2D eigenvalue weighted by atomic mass is 10.1. The summed E-state index contributed by atoms with van der Waals surface area (Å²) in [4.78, 5) is 15.7. The molecule has 0 aliphatic heterocycles. The summed E-state index contributed by atoms with van der Waals surface area (Å²) >= 11 is 0. The van der Waals surface area contributed by atoms with Crippen LogP contribution in [0.25, 0.3) is 10.9 Å². The van der Waals surface area contributed by atoms with Crippen LogP contribution < -0.4 is 0 Å². The van der Waals surface area contributed by atoms with E-state index in [0.717, 1.165) is 16.5 Å². The van der Waals surface area contributed by atoms with E-state index in [1.165, 1.54) is 5.56 Å². The summed E-state index contributed by atoms with van der Waals surface area (Å²) in [6.07, 6.45) is 2.92. The Morgan fingerprint density at radius 2 is 2.17 bits per heavy atom. The molecule has 18 heavy (non-hydrogen) atoms. The van der Waals surface area contributed by atoms with Crippen molar-refractivity contribution in [2.75, 3.05) is 6.61 Å². The number of esters is 1. The Balaban J connectivity index is 2.10. The van der Waals surface area contributed by atoms with Gasteiger partial charge in [-0.3, -0.25) is 9.78 Å². The van der Waals surface area contributed by atoms with Crippen LogP contribution in [0.1, 0.15) is 24.5 Å². The Labute approximate surface area is 107 Å². The molecule has 0 saturated carbocycles. The van der Waals surface area contributed by atoms with Gasteiger partial charge in [-0.2, -0.15) is 0 Å². The highest BCUT2D eigenvalue weighted by Crippen LogP contribution is 2.16. The normalized spacial score (nSPS) is 10.6. The minimum atomic E-state index is -0.151. The van der Waals surface area contributed by atoms with Gasteiger partial charge in [0.25, 0.3) is 0 Å². The highest BCUT2D eigenvalue weighted by atomic mass is 16.5. The molecule has 0 N–H and O–H groups in total. The second-order valence-corrected chi connectivity index (χ2v) is 4.34. The number of rotatable bonds is 4. The van der Waals surface area contributed by atoms with Gasteiger partial charge in [0.2, 0.25) is 0 Å². The Kier molecular flexibility index (Phi) is 3.92. The number of benzene rings is 1. The molecule has 0 bridgehead atoms. The fourth-order valence-electron chi connectivity index (χ4n) is 1.89. The number of carbonyl (C=O) groups excluding carboxylic acids is 1. The van der Waals surface area contributed by atoms with E-state index in [1.54, 1.807) is 0 Å². The van der Waals surface area contributed by atoms with E-state index >= 15 is 0 Å². The minimum Gasteiger partial charge on any atom is -0.466 e. The summed E-state index contributed by atoms with van der Waals surface area (Å²) < 4.78 is 4.91. The van der Waals surface area contributed by atoms with E-state index in [4.69, 9.17) is 4.74 Å². The molecule has 2 rings (SSSR count). The fraction of sp³-hybridized carbons (Fsp3) is 0.333. The summed E-state index contributed by atoms with van der Waals surface area (Å²) in [6, 6.07) is 8.27. The van der Waals surface area contributed by atoms with Gasteiger partial charge >= 0.3 is 5.97 Å². The van der Waals surface area contributed by atoms with E-state index in [2.05, 4.69) is 36.2 Å². The molecule has 0 amide bonds. The van der Waals surface area contributed by atoms with Gasteiger partial charge in [-0.05, 0) is 43.5 Å². The lowest BCUT2D eigenvalue weighted by molar-refractivity contribution is -0.143. The lowest BCUT2D eigenvalue weighted by Gasteiger charge is -2.04. The SMILES string of the molecule is CCOC(=O)CCc1cnc2cc(C)ccc2c1. The average Bonchev–Trinajstić information content (AvgIpc) is 2.36. The van der Waals surface area contributed by atoms with E-state index in [9.17, 15) is 4.79 Å². The first-order valence-electron chi connectivity index (χ1n) is 6.20. The van der Waals surface area contributed by atoms with Gasteiger partial charge in [-0.25, -0.2) is 0 Å². The molecule has 0 saturated heterocycles. The summed E-state index contributed by atoms with van der Waals surface area (Å²) in [5.41, 5.74) is 3.27. The van der Waals surface area contributed by atoms with E-state index in [1.807, 2.05) is 13.1 Å². The van der Waals surface area contributed by atoms with Gasteiger partial charge in [0, 0.05) is 18.0 Å². The zero-order valence-corrected chi connectivity index (χ0v) is 10.8. The number of nitrogens with zero attached hydrogens (tertiary/aromatic N) is 1. The van der Waals surface area contributed by atoms with Crippen LogP contribution in [-0.2, 0) is 16.0 Å². The third kappa shape index (κ3) is 3.06. The monoisotopic (exact) mass is 243 g/mol. The number of ether oxygens (including phenoxy) is 1. The number of hydrogen-bond donors (Lipinski definition) is 0. The number of carbonyl (C=O) groups is 1. The van der Waals surface area contributed by atoms with E-state index in [0.29, 0.717) is 19.4 Å². The predicted molar refractivity (Wildman–Crippen MR) is 71.4 cm³/mol. The number of hydrogen-bond acceptors (Lipinski definition) is 3. The van der Waals surface area contributed by atoms with Crippen molar-refractivity contribution in [2.24, 2.45) is 0 Å². The van der Waals surface area contributed by atoms with Crippen molar-refractivity contribution in [1.29, 1.82) is 0 Å². The number of fused-ring (bicyclic) bond motifs is 1. The molecule has 1 aromatic carbocycles. The first-order chi connectivity index (χ1) is 8.69. The summed E-state index contributed by atoms with van der Waals surface area (Å²) in [5.74, 6) is -0.151. The summed E-state index contributed by atoms with van der Waals surface area (Å²) in [6.45, 7) is 4.31. The van der Waals surface area contributed by atoms with Crippen molar-refractivity contribution < 1.29 is 9.53 Å². The van der Waals surface area contributed by atoms with Crippen molar-refractivity contribution in [3.8, 4) is 0 Å². The molecule has 94 valence electrons. The molecule has 1 aromatic heterocycles. The van der Waals surface area contributed by atoms with Gasteiger partial charge < -0.3 is 4.74 Å². The second-order valence-electron chi connectivity index (χ2n) is 4.34. The van der Waals surface area contributed by atoms with Gasteiger partial charge in [-0.15, -0.1) is 0 Å². The number of pyridine rings is 1. The molecule has 3 heteroatoms. The Morgan fingerprint density at radius 3 is 2.94 bits per heavy atom. The van der Waals surface area contributed by atoms with Crippen LogP contribution in [-0.4, -0.2) is 17.6 Å². The number of aryl methyl sites for hydroxylation is 2. The molecule has 1 heterocycles. The highest BCUT2D eigenvalue weighted by molar-refractivity contribution is 5.79. The Bertz CT molecular complexity index is 563. The van der Waals surface area contributed by atoms with Gasteiger partial charge in [0.1, 0.15) is 0 Å². The van der Waals surface area contributed by atoms with Gasteiger partial charge in [-0.1, -0.05) is 12.1 Å². The zero-order chi connectivity index (χ0) is 13.0. The summed E-state index contributed by atoms with van der Waals surface area (Å²) in [5, 5.41) is 1.11. The van der Waals surface area contributed by atoms with Crippen LogP contribution >= 0.6 is 0 Å². The molecule has 0 atom stereocenters. The van der Waals surface area contributed by atoms with Crippen molar-refractivity contribution in [3.05, 3.63) is 41.6 Å². The smallest absolute Gasteiger partial charge is 0.306 e. The third-order valence-electron chi connectivity index (χ3n) is 2.82. The Morgan fingerprint density at radius 1 is 1.33 bits per heavy atom. The second kappa shape index (κ2) is 5.63. The molecule has 0 aliphatic rings. The van der Waals surface area contributed by atoms with Crippen LogP contribution in [0.4, 0.5) is 0 Å². The van der Waals surface area contributed by atoms with E-state index in [-0.39, 0.29) is 5.97 Å². The number of aromatic nitrogens is 1. The van der Waals surface area contributed by atoms with Crippen LogP contribution in [0.15, 0.2) is 30.5 Å². The van der Waals surface area contributed by atoms with Crippen LogP contribution in [0.3, 0.4) is 0 Å². The maximum absolute atomic E-state index is 11.3. The molecule has 2 aromatic rings. The maximum Gasteiger partial charge on any atom is 0.306 e. The van der Waals surface area contributed by atoms with Gasteiger partial charge in [0.05, 0.1) is 12.1 Å². The quantitative estimate of drug-likeness (QED) is 0.775. The molecule has 0 radical (unpaired) electrons. The maximum atomic E-state index is 11.3. The topological polar surface area (TPSA) is 39.2 Å². The molecular formula is C15H17NO2. The van der Waals surface area contributed by atoms with Gasteiger partial charge in [0.15, 0.2) is 0 Å². The van der Waals surface area contributed by atoms with Crippen molar-refractivity contribution in [2.45, 2.75) is 26.7 Å². The highest BCUT2D eigenvalue weighted by Gasteiger charge is 2.04. The lowest BCUT2D eigenvalue weighted by Crippen LogP contribution is -2.05. The largest absolute Gasteiger partial charge is 0.466 e. The average molecular weight is 243 g/mol. The van der Waals surface area contributed by atoms with Crippen LogP contribution in [0, 0.1) is 6.92 Å². The predicted octanol–water partition coefficient (Wildman–Crippen LogP) is 3.04. The molecular weight excluding hydrogens is 226 g/mol. The van der Waals surface area contributed by atoms with Crippen LogP contribution in [0.2, 0.25) is 0 Å². The minimum absolute atomic E-state index is 0.151. The van der Waals surface area contributed by atoms with Crippen molar-refractivity contribution >= 4 is 16.9 Å². The Hall–Kier alpha value is -1.90. The van der Waals surface area contributed by atoms with Crippen LogP contribution in [0.5, 0.6) is 0 Å². The third-order valence-corrected chi connectivity index (χ3v) is 2.82. The van der Waals surface area contributed by atoms with Crippen molar-refractivity contribution in [1.82, 2.24) is 4.98 Å².